The summed E-state index contributed by atoms with van der Waals surface area (Å²) in [6, 6.07) is 0. The van der Waals surface area contributed by atoms with E-state index >= 15 is 0 Å². The van der Waals surface area contributed by atoms with E-state index in [1.807, 2.05) is 6.92 Å². The topological polar surface area (TPSA) is 47.9 Å². The van der Waals surface area contributed by atoms with E-state index in [0.717, 1.165) is 0 Å². The fourth-order valence-corrected chi connectivity index (χ4v) is 0.446. The van der Waals surface area contributed by atoms with Gasteiger partial charge in [0.25, 0.3) is 0 Å². The van der Waals surface area contributed by atoms with Gasteiger partial charge >= 0.3 is 5.97 Å². The molecule has 0 saturated heterocycles. The molecule has 0 unspecified atom stereocenters. The maximum atomic E-state index is 10.6. The van der Waals surface area contributed by atoms with Crippen molar-refractivity contribution in [2.75, 3.05) is 19.8 Å². The van der Waals surface area contributed by atoms with Gasteiger partial charge in [-0.15, -0.1) is 0 Å². The molecule has 4 heteroatoms. The van der Waals surface area contributed by atoms with Gasteiger partial charge in [0.15, 0.2) is 6.40 Å². The number of esters is 1. The van der Waals surface area contributed by atoms with E-state index in [1.165, 1.54) is 6.40 Å². The molecular weight excluding hydrogens is 146 g/mol. The van der Waals surface area contributed by atoms with Crippen molar-refractivity contribution in [3.63, 3.8) is 0 Å². The zero-order chi connectivity index (χ0) is 8.53. The van der Waals surface area contributed by atoms with Gasteiger partial charge < -0.3 is 9.47 Å². The molecule has 0 aliphatic rings. The summed E-state index contributed by atoms with van der Waals surface area (Å²) in [7, 11) is 0. The lowest BCUT2D eigenvalue weighted by molar-refractivity contribution is -0.141. The first kappa shape index (κ1) is 9.94. The second-order valence-corrected chi connectivity index (χ2v) is 1.71. The second kappa shape index (κ2) is 7.05. The molecule has 0 aliphatic heterocycles. The lowest BCUT2D eigenvalue weighted by atomic mass is 10.7. The summed E-state index contributed by atoms with van der Waals surface area (Å²) < 4.78 is 9.38. The lowest BCUT2D eigenvalue weighted by Crippen LogP contribution is -2.07. The Labute approximate surface area is 66.2 Å². The van der Waals surface area contributed by atoms with E-state index in [-0.39, 0.29) is 12.5 Å². The highest BCUT2D eigenvalue weighted by Gasteiger charge is 1.96. The van der Waals surface area contributed by atoms with Crippen LogP contribution >= 0.6 is 0 Å². The Morgan fingerprint density at radius 3 is 2.73 bits per heavy atom. The third-order valence-corrected chi connectivity index (χ3v) is 0.841. The van der Waals surface area contributed by atoms with E-state index in [2.05, 4.69) is 9.73 Å². The first-order chi connectivity index (χ1) is 5.31. The van der Waals surface area contributed by atoms with E-state index in [4.69, 9.17) is 4.74 Å². The number of rotatable bonds is 5. The molecule has 0 saturated carbocycles. The van der Waals surface area contributed by atoms with Crippen LogP contribution in [0.4, 0.5) is 0 Å². The minimum Gasteiger partial charge on any atom is -0.484 e. The van der Waals surface area contributed by atoms with Crippen LogP contribution in [0.2, 0.25) is 0 Å². The first-order valence-corrected chi connectivity index (χ1v) is 3.56. The van der Waals surface area contributed by atoms with Crippen molar-refractivity contribution in [3.8, 4) is 0 Å². The van der Waals surface area contributed by atoms with Crippen LogP contribution < -0.4 is 0 Å². The maximum absolute atomic E-state index is 10.6. The number of hydrogen-bond acceptors (Lipinski definition) is 4. The molecule has 11 heavy (non-hydrogen) atoms. The molecule has 4 nitrogen and oxygen atoms in total. The molecule has 0 aromatic carbocycles. The van der Waals surface area contributed by atoms with Crippen molar-refractivity contribution < 1.29 is 14.3 Å². The molecule has 0 aliphatic carbocycles. The molecule has 0 rings (SSSR count). The Morgan fingerprint density at radius 2 is 2.18 bits per heavy atom. The number of nitrogens with zero attached hydrogens (tertiary/aromatic N) is 1. The van der Waals surface area contributed by atoms with Crippen molar-refractivity contribution in [3.05, 3.63) is 0 Å². The van der Waals surface area contributed by atoms with Crippen LogP contribution in [-0.2, 0) is 14.3 Å². The minimum atomic E-state index is -0.330. The van der Waals surface area contributed by atoms with Gasteiger partial charge in [-0.1, -0.05) is 0 Å². The number of ether oxygens (including phenoxy) is 2. The number of carbonyl (C=O) groups excluding carboxylic acids is 1. The number of carbonyl (C=O) groups is 1. The summed E-state index contributed by atoms with van der Waals surface area (Å²) in [6.45, 7) is 4.59. The third kappa shape index (κ3) is 6.83. The Hall–Kier alpha value is -1.06. The van der Waals surface area contributed by atoms with Crippen LogP contribution in [0.25, 0.3) is 0 Å². The fraction of sp³-hybridized carbons (Fsp3) is 0.714. The highest BCUT2D eigenvalue weighted by Crippen LogP contribution is 1.78. The lowest BCUT2D eigenvalue weighted by Gasteiger charge is -1.96. The molecule has 0 aromatic rings. The monoisotopic (exact) mass is 159 g/mol. The number of hydrogen-bond donors (Lipinski definition) is 0. The van der Waals surface area contributed by atoms with Gasteiger partial charge in [0.2, 0.25) is 0 Å². The second-order valence-electron chi connectivity index (χ2n) is 1.71. The summed E-state index contributed by atoms with van der Waals surface area (Å²) >= 11 is 0. The fourth-order valence-electron chi connectivity index (χ4n) is 0.446. The van der Waals surface area contributed by atoms with Crippen LogP contribution in [0, 0.1) is 0 Å². The minimum absolute atomic E-state index is 0.0356. The van der Waals surface area contributed by atoms with Crippen molar-refractivity contribution in [2.24, 2.45) is 4.99 Å². The predicted octanol–water partition coefficient (Wildman–Crippen LogP) is 0.614. The highest BCUT2D eigenvalue weighted by atomic mass is 16.5. The van der Waals surface area contributed by atoms with Crippen molar-refractivity contribution in [2.45, 2.75) is 13.8 Å². The van der Waals surface area contributed by atoms with Crippen LogP contribution in [0.1, 0.15) is 13.8 Å². The summed E-state index contributed by atoms with van der Waals surface area (Å²) in [5.74, 6) is -0.330. The normalized spacial score (nSPS) is 10.0. The zero-order valence-corrected chi connectivity index (χ0v) is 6.87. The zero-order valence-electron chi connectivity index (χ0n) is 6.87. The maximum Gasteiger partial charge on any atom is 0.327 e. The molecule has 0 amide bonds. The quantitative estimate of drug-likeness (QED) is 0.335. The molecule has 0 bridgehead atoms. The first-order valence-electron chi connectivity index (χ1n) is 3.56. The van der Waals surface area contributed by atoms with Gasteiger partial charge in [-0.25, -0.2) is 4.99 Å². The molecule has 0 atom stereocenters. The van der Waals surface area contributed by atoms with Crippen LogP contribution in [0.3, 0.4) is 0 Å². The van der Waals surface area contributed by atoms with E-state index in [1.54, 1.807) is 6.92 Å². The molecule has 0 heterocycles. The molecular formula is C7H13NO3. The molecule has 0 aromatic heterocycles. The van der Waals surface area contributed by atoms with Crippen molar-refractivity contribution >= 4 is 12.4 Å². The average molecular weight is 159 g/mol. The van der Waals surface area contributed by atoms with Crippen LogP contribution in [-0.4, -0.2) is 32.1 Å². The van der Waals surface area contributed by atoms with Crippen LogP contribution in [0.15, 0.2) is 4.99 Å². The Bertz CT molecular complexity index is 134. The molecule has 0 radical (unpaired) electrons. The Balaban J connectivity index is 3.29. The standard InChI is InChI=1S/C7H13NO3/c1-3-10-6-8-5-7(9)11-4-2/h6H,3-5H2,1-2H3/b8-6-. The molecule has 64 valence electrons. The molecule has 0 spiro atoms. The third-order valence-electron chi connectivity index (χ3n) is 0.841. The number of aliphatic imine (C=N–C) groups is 1. The highest BCUT2D eigenvalue weighted by molar-refractivity contribution is 5.73. The van der Waals surface area contributed by atoms with Gasteiger partial charge in [0.05, 0.1) is 13.2 Å². The van der Waals surface area contributed by atoms with Gasteiger partial charge in [-0.05, 0) is 13.8 Å². The van der Waals surface area contributed by atoms with Gasteiger partial charge in [-0.2, -0.15) is 0 Å². The Kier molecular flexibility index (Phi) is 6.37. The summed E-state index contributed by atoms with van der Waals surface area (Å²) in [5.41, 5.74) is 0. The van der Waals surface area contributed by atoms with Crippen LogP contribution in [0.5, 0.6) is 0 Å². The SMILES string of the molecule is CCO/C=N\CC(=O)OCC. The van der Waals surface area contributed by atoms with Crippen molar-refractivity contribution in [1.82, 2.24) is 0 Å². The predicted molar refractivity (Wildman–Crippen MR) is 41.6 cm³/mol. The van der Waals surface area contributed by atoms with E-state index < -0.39 is 0 Å². The Morgan fingerprint density at radius 1 is 1.45 bits per heavy atom. The average Bonchev–Trinajstić information content (AvgIpc) is 1.99. The van der Waals surface area contributed by atoms with E-state index in [0.29, 0.717) is 13.2 Å². The molecule has 0 N–H and O–H groups in total. The summed E-state index contributed by atoms with van der Waals surface area (Å²) in [6.07, 6.45) is 1.26. The molecule has 0 fully saturated rings. The van der Waals surface area contributed by atoms with Gasteiger partial charge in [0.1, 0.15) is 6.54 Å². The summed E-state index contributed by atoms with van der Waals surface area (Å²) in [5, 5.41) is 0. The van der Waals surface area contributed by atoms with Crippen molar-refractivity contribution in [1.29, 1.82) is 0 Å². The summed E-state index contributed by atoms with van der Waals surface area (Å²) in [4.78, 5) is 14.3. The van der Waals surface area contributed by atoms with Gasteiger partial charge in [-0.3, -0.25) is 4.79 Å². The smallest absolute Gasteiger partial charge is 0.327 e. The largest absolute Gasteiger partial charge is 0.484 e. The van der Waals surface area contributed by atoms with Gasteiger partial charge in [0, 0.05) is 0 Å². The van der Waals surface area contributed by atoms with E-state index in [9.17, 15) is 4.79 Å².